The Kier molecular flexibility index (Phi) is 5.97. The van der Waals surface area contributed by atoms with Gasteiger partial charge >= 0.3 is 30.3 Å². The Bertz CT molecular complexity index is 155. The van der Waals surface area contributed by atoms with Crippen LogP contribution in [-0.2, 0) is 26.6 Å². The van der Waals surface area contributed by atoms with Gasteiger partial charge in [0, 0.05) is 10.4 Å². The molecular weight excluding hydrogens is 206 g/mol. The zero-order chi connectivity index (χ0) is 8.08. The van der Waals surface area contributed by atoms with Gasteiger partial charge in [0.15, 0.2) is 0 Å². The summed E-state index contributed by atoms with van der Waals surface area (Å²) in [7, 11) is -5.17. The van der Waals surface area contributed by atoms with Crippen molar-refractivity contribution >= 4 is 10.4 Å². The van der Waals surface area contributed by atoms with Crippen LogP contribution in [0.5, 0.6) is 0 Å². The van der Waals surface area contributed by atoms with Gasteiger partial charge in [0.25, 0.3) is 0 Å². The molecule has 0 fully saturated rings. The molecule has 9 heteroatoms. The molecule has 0 aromatic carbocycles. The average Bonchev–Trinajstić information content (AvgIpc) is 1.19. The van der Waals surface area contributed by atoms with Crippen LogP contribution in [0.15, 0.2) is 0 Å². The minimum absolute atomic E-state index is 0.938. The Labute approximate surface area is 58.8 Å². The fourth-order valence-electron chi connectivity index (χ4n) is 0. The second-order valence-electron chi connectivity index (χ2n) is 0.593. The molecule has 7 nitrogen and oxygen atoms in total. The van der Waals surface area contributed by atoms with Crippen molar-refractivity contribution in [2.45, 2.75) is 0 Å². The van der Waals surface area contributed by atoms with Crippen LogP contribution in [0.25, 0.3) is 0 Å². The summed E-state index contributed by atoms with van der Waals surface area (Å²) in [5.41, 5.74) is 0. The van der Waals surface area contributed by atoms with Gasteiger partial charge in [-0.25, -0.2) is 0 Å². The predicted molar refractivity (Wildman–Crippen MR) is 17.5 cm³/mol. The van der Waals surface area contributed by atoms with E-state index >= 15 is 0 Å². The molecule has 0 radical (unpaired) electrons. The topological polar surface area (TPSA) is 123 Å². The maximum absolute atomic E-state index is 8.61. The molecule has 0 saturated carbocycles. The monoisotopic (exact) mass is 205 g/mol. The number of hydrogen-bond acceptors (Lipinski definition) is 6. The number of nitro groups is 1. The van der Waals surface area contributed by atoms with E-state index in [4.69, 9.17) is 27.6 Å². The Morgan fingerprint density at radius 3 is 1.33 bits per heavy atom. The van der Waals surface area contributed by atoms with Crippen LogP contribution >= 0.6 is 0 Å². The Morgan fingerprint density at radius 2 is 1.33 bits per heavy atom. The molecule has 0 saturated heterocycles. The summed E-state index contributed by atoms with van der Waals surface area (Å²) in [5, 5.41) is 8.61. The van der Waals surface area contributed by atoms with Gasteiger partial charge in [0.05, 0.1) is 0 Å². The second kappa shape index (κ2) is 4.65. The molecule has 0 bridgehead atoms. The molecule has 0 aromatic heterocycles. The number of nitrogens with zero attached hydrogens (tertiary/aromatic N) is 1. The average molecular weight is 206 g/mol. The third kappa shape index (κ3) is 5890. The molecule has 0 amide bonds. The fourth-order valence-corrected chi connectivity index (χ4v) is 0. The molecule has 0 rings (SSSR count). The van der Waals surface area contributed by atoms with Crippen LogP contribution in [0.3, 0.4) is 0 Å². The van der Waals surface area contributed by atoms with E-state index in [2.05, 4.69) is 16.2 Å². The van der Waals surface area contributed by atoms with Crippen molar-refractivity contribution in [2.24, 2.45) is 0 Å². The molecule has 0 atom stereocenters. The molecule has 0 unspecified atom stereocenters. The number of rotatable bonds is 0. The summed E-state index contributed by atoms with van der Waals surface area (Å²) in [6, 6.07) is 0. The van der Waals surface area contributed by atoms with Crippen molar-refractivity contribution in [1.82, 2.24) is 0 Å². The van der Waals surface area contributed by atoms with E-state index in [1.807, 2.05) is 0 Å². The molecule has 0 spiro atoms. The van der Waals surface area contributed by atoms with Crippen LogP contribution < -0.4 is 0 Å². The SMILES string of the molecule is O=S(=O)([O-])[O-].O=[N+]([O-])[Cu+2]. The third-order valence-electron chi connectivity index (χ3n) is 0. The van der Waals surface area contributed by atoms with Crippen LogP contribution in [0.1, 0.15) is 0 Å². The van der Waals surface area contributed by atoms with Crippen molar-refractivity contribution < 1.29 is 37.7 Å². The van der Waals surface area contributed by atoms with Crippen LogP contribution in [0, 0.1) is 10.1 Å². The second-order valence-corrected chi connectivity index (χ2v) is 1.75. The van der Waals surface area contributed by atoms with E-state index in [1.54, 1.807) is 0 Å². The van der Waals surface area contributed by atoms with Crippen molar-refractivity contribution in [1.29, 1.82) is 0 Å². The van der Waals surface area contributed by atoms with Crippen molar-refractivity contribution in [3.8, 4) is 0 Å². The quantitative estimate of drug-likeness (QED) is 0.154. The van der Waals surface area contributed by atoms with Crippen molar-refractivity contribution in [3.63, 3.8) is 0 Å². The summed E-state index contributed by atoms with van der Waals surface area (Å²) >= 11 is 3.47. The molecule has 0 heterocycles. The van der Waals surface area contributed by atoms with Gasteiger partial charge in [-0.3, -0.25) is 8.42 Å². The zero-order valence-electron chi connectivity index (χ0n) is 3.61. The summed E-state index contributed by atoms with van der Waals surface area (Å²) in [5.74, 6) is 0. The first kappa shape index (κ1) is 11.6. The molecule has 0 aliphatic heterocycles. The minimum atomic E-state index is -5.17. The van der Waals surface area contributed by atoms with E-state index in [9.17, 15) is 0 Å². The summed E-state index contributed by atoms with van der Waals surface area (Å²) < 4.78 is 33.1. The Balaban J connectivity index is 0. The first-order valence-electron chi connectivity index (χ1n) is 1.17. The summed E-state index contributed by atoms with van der Waals surface area (Å²) in [4.78, 5) is 8.61. The Morgan fingerprint density at radius 1 is 1.33 bits per heavy atom. The van der Waals surface area contributed by atoms with Crippen molar-refractivity contribution in [3.05, 3.63) is 10.1 Å². The van der Waals surface area contributed by atoms with Gasteiger partial charge in [-0.15, -0.1) is 0 Å². The normalized spacial score (nSPS) is 9.33. The standard InChI is InChI=1S/Cu.NO2.H2O4S/c;2-1-3;1-5(2,3)4/h;;(H2,1,2,3,4)/q+2;;/p-2. The molecule has 9 heavy (non-hydrogen) atoms. The van der Waals surface area contributed by atoms with Gasteiger partial charge < -0.3 is 9.11 Å². The van der Waals surface area contributed by atoms with E-state index in [0.29, 0.717) is 0 Å². The maximum atomic E-state index is 8.61. The molecule has 58 valence electrons. The van der Waals surface area contributed by atoms with Gasteiger partial charge in [0.1, 0.15) is 0 Å². The molecule has 0 aliphatic rings. The van der Waals surface area contributed by atoms with Gasteiger partial charge in [-0.05, 0) is 0 Å². The summed E-state index contributed by atoms with van der Waals surface area (Å²) in [6.45, 7) is 0. The number of hydrogen-bond donors (Lipinski definition) is 0. The van der Waals surface area contributed by atoms with Crippen LogP contribution in [0.2, 0.25) is 0 Å². The van der Waals surface area contributed by atoms with Gasteiger partial charge in [-0.1, -0.05) is 0 Å². The Hall–Kier alpha value is -0.211. The van der Waals surface area contributed by atoms with E-state index in [-0.39, 0.29) is 0 Å². The van der Waals surface area contributed by atoms with E-state index in [1.165, 1.54) is 0 Å². The first-order chi connectivity index (χ1) is 3.73. The molecule has 0 N–H and O–H groups in total. The third-order valence-corrected chi connectivity index (χ3v) is 0. The molecular formula is CuNO6S. The van der Waals surface area contributed by atoms with Gasteiger partial charge in [-0.2, -0.15) is 0 Å². The summed E-state index contributed by atoms with van der Waals surface area (Å²) in [6.07, 6.45) is 0. The molecule has 0 aromatic rings. The van der Waals surface area contributed by atoms with Crippen LogP contribution in [-0.4, -0.2) is 21.5 Å². The fraction of sp³-hybridized carbons (Fsp3) is 0. The van der Waals surface area contributed by atoms with Gasteiger partial charge in [0.2, 0.25) is 0 Å². The van der Waals surface area contributed by atoms with Crippen molar-refractivity contribution in [2.75, 3.05) is 0 Å². The zero-order valence-corrected chi connectivity index (χ0v) is 5.36. The van der Waals surface area contributed by atoms with E-state index in [0.717, 1.165) is 0 Å². The molecule has 0 aliphatic carbocycles. The van der Waals surface area contributed by atoms with E-state index < -0.39 is 14.3 Å². The van der Waals surface area contributed by atoms with Crippen LogP contribution in [0.4, 0.5) is 0 Å². The predicted octanol–water partition coefficient (Wildman–Crippen LogP) is -1.61. The first-order valence-corrected chi connectivity index (χ1v) is 2.92.